The van der Waals surface area contributed by atoms with E-state index >= 15 is 0 Å². The van der Waals surface area contributed by atoms with Gasteiger partial charge in [-0.3, -0.25) is 9.89 Å². The minimum absolute atomic E-state index is 0.199. The Morgan fingerprint density at radius 2 is 0.922 bits per heavy atom. The number of aliphatic imine (C=N–C) groups is 1. The van der Waals surface area contributed by atoms with Crippen LogP contribution >= 0.6 is 0 Å². The summed E-state index contributed by atoms with van der Waals surface area (Å²) in [7, 11) is 0. The largest absolute Gasteiger partial charge is 0.394 e. The molecule has 0 saturated carbocycles. The third kappa shape index (κ3) is 6.46. The van der Waals surface area contributed by atoms with Gasteiger partial charge in [0.25, 0.3) is 0 Å². The Hall–Kier alpha value is -6.27. The molecule has 7 atom stereocenters. The minimum Gasteiger partial charge on any atom is -0.394 e. The van der Waals surface area contributed by atoms with Crippen molar-refractivity contribution in [2.75, 3.05) is 13.3 Å². The summed E-state index contributed by atoms with van der Waals surface area (Å²) in [4.78, 5) is 12.2. The maximum absolute atomic E-state index is 14.1. The number of aliphatic hydroxyl groups is 4. The summed E-state index contributed by atoms with van der Waals surface area (Å²) in [5.74, 6) is 0. The van der Waals surface area contributed by atoms with Crippen LogP contribution in [-0.2, 0) is 22.2 Å². The van der Waals surface area contributed by atoms with Crippen LogP contribution in [0.5, 0.6) is 0 Å². The van der Waals surface area contributed by atoms with Crippen LogP contribution in [-0.4, -0.2) is 97.2 Å². The lowest BCUT2D eigenvalue weighted by atomic mass is 9.54. The van der Waals surface area contributed by atoms with Gasteiger partial charge in [-0.1, -0.05) is 212 Å². The van der Waals surface area contributed by atoms with E-state index in [4.69, 9.17) is 9.73 Å². The number of fused-ring (bicyclic) bond motifs is 1. The second kappa shape index (κ2) is 17.4. The summed E-state index contributed by atoms with van der Waals surface area (Å²) in [5.41, 5.74) is 2.63. The van der Waals surface area contributed by atoms with Gasteiger partial charge in [0.15, 0.2) is 11.8 Å². The van der Waals surface area contributed by atoms with Gasteiger partial charge in [0.05, 0.1) is 30.6 Å². The fraction of sp³-hybridized carbons (Fsp3) is 0.218. The van der Waals surface area contributed by atoms with E-state index in [1.165, 1.54) is 0 Å². The number of nitrogens with zero attached hydrogens (tertiary/aromatic N) is 4. The van der Waals surface area contributed by atoms with Gasteiger partial charge >= 0.3 is 0 Å². The molecule has 4 N–H and O–H groups in total. The Kier molecular flexibility index (Phi) is 11.3. The average molecular weight is 849 g/mol. The van der Waals surface area contributed by atoms with E-state index in [9.17, 15) is 20.4 Å². The lowest BCUT2D eigenvalue weighted by Crippen LogP contribution is -2.81. The predicted molar refractivity (Wildman–Crippen MR) is 248 cm³/mol. The molecule has 2 saturated heterocycles. The summed E-state index contributed by atoms with van der Waals surface area (Å²) in [6.07, 6.45) is -5.61. The number of hydrogen-bond acceptors (Lipinski definition) is 9. The van der Waals surface area contributed by atoms with Crippen molar-refractivity contribution < 1.29 is 25.2 Å². The molecule has 9 heteroatoms. The number of benzene rings is 7. The highest BCUT2D eigenvalue weighted by Crippen LogP contribution is 2.60. The smallest absolute Gasteiger partial charge is 0.161 e. The normalized spacial score (nSPS) is 25.0. The van der Waals surface area contributed by atoms with Gasteiger partial charge in [-0.2, -0.15) is 0 Å². The standard InChI is InChI=1S/C55H52N4O5/c60-37-47-48(61)49(62)50(64-47)58-38-56-55(53(41-24-10-2-11-25-41,42-26-12-3-13-27-42)43-28-14-4-15-29-43)51(58)59(39-57(52(55)63)36-40-22-8-1-9-23-40)54(44-30-16-5-17-31-44,45-32-18-6-19-33-45)46-34-20-7-21-35-46/h1-35,38,47-52,60-63H,36-37,39H2/t47-,48?,49?,50-,51?,52?,55?/m1/s1. The first-order chi connectivity index (χ1) is 31.5. The lowest BCUT2D eigenvalue weighted by molar-refractivity contribution is -0.221. The van der Waals surface area contributed by atoms with Crippen molar-refractivity contribution in [3.63, 3.8) is 0 Å². The zero-order valence-electron chi connectivity index (χ0n) is 35.4. The summed E-state index contributed by atoms with van der Waals surface area (Å²) in [6.45, 7) is 0.0557. The van der Waals surface area contributed by atoms with Crippen molar-refractivity contribution >= 4 is 6.34 Å². The molecule has 0 aromatic heterocycles. The van der Waals surface area contributed by atoms with Crippen molar-refractivity contribution in [3.05, 3.63) is 251 Å². The third-order valence-corrected chi connectivity index (χ3v) is 13.7. The van der Waals surface area contributed by atoms with Gasteiger partial charge in [0.2, 0.25) is 0 Å². The molecule has 7 aromatic carbocycles. The van der Waals surface area contributed by atoms with Gasteiger partial charge in [0, 0.05) is 6.54 Å². The molecule has 0 radical (unpaired) electrons. The highest BCUT2D eigenvalue weighted by molar-refractivity contribution is 5.68. The molecule has 9 nitrogen and oxygen atoms in total. The van der Waals surface area contributed by atoms with Gasteiger partial charge in [-0.15, -0.1) is 0 Å². The summed E-state index contributed by atoms with van der Waals surface area (Å²) in [6, 6.07) is 72.4. The molecule has 3 aliphatic rings. The molecule has 3 heterocycles. The highest BCUT2D eigenvalue weighted by atomic mass is 16.6. The van der Waals surface area contributed by atoms with Crippen LogP contribution < -0.4 is 0 Å². The first-order valence-corrected chi connectivity index (χ1v) is 22.0. The molecule has 0 bridgehead atoms. The number of ether oxygens (including phenoxy) is 1. The van der Waals surface area contributed by atoms with Gasteiger partial charge < -0.3 is 30.1 Å². The fourth-order valence-corrected chi connectivity index (χ4v) is 11.1. The molecule has 0 spiro atoms. The number of rotatable bonds is 12. The lowest BCUT2D eigenvalue weighted by Gasteiger charge is -2.65. The minimum atomic E-state index is -1.60. The summed E-state index contributed by atoms with van der Waals surface area (Å²) < 4.78 is 6.54. The molecule has 7 aromatic rings. The predicted octanol–water partition coefficient (Wildman–Crippen LogP) is 6.95. The SMILES string of the molecule is OC[C@H]1O[C@@H](N2C=NC3(C(c4ccccc4)(c4ccccc4)c4ccccc4)C(O)N(Cc4ccccc4)CN(C(c4ccccc4)(c4ccccc4)c4ccccc4)C23)C(O)C1O. The Morgan fingerprint density at radius 3 is 1.31 bits per heavy atom. The van der Waals surface area contributed by atoms with E-state index < -0.39 is 60.0 Å². The first kappa shape index (κ1) is 41.7. The van der Waals surface area contributed by atoms with E-state index in [0.29, 0.717) is 6.54 Å². The first-order valence-electron chi connectivity index (χ1n) is 22.0. The van der Waals surface area contributed by atoms with Crippen LogP contribution in [0.25, 0.3) is 0 Å². The van der Waals surface area contributed by atoms with E-state index in [1.54, 1.807) is 6.34 Å². The summed E-state index contributed by atoms with van der Waals surface area (Å²) >= 11 is 0. The third-order valence-electron chi connectivity index (χ3n) is 13.7. The Bertz CT molecular complexity index is 2440. The van der Waals surface area contributed by atoms with Crippen molar-refractivity contribution in [1.82, 2.24) is 14.7 Å². The van der Waals surface area contributed by atoms with Crippen LogP contribution in [0.2, 0.25) is 0 Å². The van der Waals surface area contributed by atoms with Crippen LogP contribution in [0, 0.1) is 0 Å². The number of hydrogen-bond donors (Lipinski definition) is 4. The fourth-order valence-electron chi connectivity index (χ4n) is 11.1. The average Bonchev–Trinajstić information content (AvgIpc) is 3.90. The Morgan fingerprint density at radius 1 is 0.531 bits per heavy atom. The van der Waals surface area contributed by atoms with Gasteiger partial charge in [-0.05, 0) is 38.9 Å². The van der Waals surface area contributed by atoms with Gasteiger partial charge in [0.1, 0.15) is 30.7 Å². The quantitative estimate of drug-likeness (QED) is 0.0979. The van der Waals surface area contributed by atoms with Crippen LogP contribution in [0.1, 0.15) is 38.9 Å². The molecular formula is C55H52N4O5. The van der Waals surface area contributed by atoms with Crippen molar-refractivity contribution in [1.29, 1.82) is 0 Å². The molecular weight excluding hydrogens is 797 g/mol. The van der Waals surface area contributed by atoms with E-state index in [2.05, 4.69) is 131 Å². The van der Waals surface area contributed by atoms with E-state index in [1.807, 2.05) is 95.9 Å². The zero-order valence-corrected chi connectivity index (χ0v) is 35.4. The molecule has 64 heavy (non-hydrogen) atoms. The van der Waals surface area contributed by atoms with Crippen molar-refractivity contribution in [2.45, 2.75) is 60.0 Å². The van der Waals surface area contributed by atoms with Crippen LogP contribution in [0.4, 0.5) is 0 Å². The second-order valence-electron chi connectivity index (χ2n) is 17.0. The van der Waals surface area contributed by atoms with Gasteiger partial charge in [-0.25, -0.2) is 4.90 Å². The molecule has 10 rings (SSSR count). The molecule has 2 fully saturated rings. The Balaban J connectivity index is 1.38. The van der Waals surface area contributed by atoms with Crippen molar-refractivity contribution in [2.24, 2.45) is 4.99 Å². The highest BCUT2D eigenvalue weighted by Gasteiger charge is 2.73. The van der Waals surface area contributed by atoms with Crippen LogP contribution in [0.15, 0.2) is 217 Å². The number of aliphatic hydroxyl groups excluding tert-OH is 4. The molecule has 322 valence electrons. The molecule has 5 unspecified atom stereocenters. The summed E-state index contributed by atoms with van der Waals surface area (Å²) in [5, 5.41) is 48.2. The second-order valence-corrected chi connectivity index (χ2v) is 17.0. The monoisotopic (exact) mass is 848 g/mol. The van der Waals surface area contributed by atoms with Crippen LogP contribution in [0.3, 0.4) is 0 Å². The maximum Gasteiger partial charge on any atom is 0.161 e. The van der Waals surface area contributed by atoms with Crippen molar-refractivity contribution in [3.8, 4) is 0 Å². The molecule has 0 aliphatic carbocycles. The molecule has 0 amide bonds. The maximum atomic E-state index is 14.1. The Labute approximate surface area is 374 Å². The topological polar surface area (TPSA) is 112 Å². The zero-order chi connectivity index (χ0) is 43.7. The van der Waals surface area contributed by atoms with E-state index in [-0.39, 0.29) is 6.67 Å². The van der Waals surface area contributed by atoms with E-state index in [0.717, 1.165) is 38.9 Å². The molecule has 3 aliphatic heterocycles.